The van der Waals surface area contributed by atoms with Crippen LogP contribution in [0.3, 0.4) is 0 Å². The molecule has 26 heavy (non-hydrogen) atoms. The number of hydrogen-bond donors (Lipinski definition) is 1. The first-order chi connectivity index (χ1) is 12.3. The van der Waals surface area contributed by atoms with Crippen LogP contribution in [0.1, 0.15) is 27.8 Å². The molecule has 2 aromatic carbocycles. The zero-order valence-electron chi connectivity index (χ0n) is 14.0. The third kappa shape index (κ3) is 3.16. The Hall–Kier alpha value is -2.50. The number of halogens is 2. The van der Waals surface area contributed by atoms with Gasteiger partial charge >= 0.3 is 5.97 Å². The van der Waals surface area contributed by atoms with E-state index in [1.54, 1.807) is 50.2 Å². The highest BCUT2D eigenvalue weighted by atomic mass is 35.5. The Morgan fingerprint density at radius 2 is 1.85 bits per heavy atom. The molecular weight excluding hydrogens is 377 g/mol. The molecule has 1 aromatic heterocycles. The van der Waals surface area contributed by atoms with Gasteiger partial charge in [-0.2, -0.15) is 0 Å². The third-order valence-corrected chi connectivity index (χ3v) is 4.62. The van der Waals surface area contributed by atoms with Gasteiger partial charge in [0.25, 0.3) is 5.91 Å². The van der Waals surface area contributed by atoms with Crippen molar-refractivity contribution in [3.63, 3.8) is 0 Å². The summed E-state index contributed by atoms with van der Waals surface area (Å²) in [5.41, 5.74) is 0.970. The maximum Gasteiger partial charge on any atom is 0.338 e. The van der Waals surface area contributed by atoms with E-state index in [1.807, 2.05) is 0 Å². The van der Waals surface area contributed by atoms with Crippen molar-refractivity contribution in [3.05, 3.63) is 63.8 Å². The van der Waals surface area contributed by atoms with Crippen molar-refractivity contribution < 1.29 is 19.4 Å². The summed E-state index contributed by atoms with van der Waals surface area (Å²) < 4.78 is 7.05. The van der Waals surface area contributed by atoms with Crippen LogP contribution in [0.25, 0.3) is 10.9 Å². The number of aromatic nitrogens is 1. The van der Waals surface area contributed by atoms with Crippen molar-refractivity contribution in [2.45, 2.75) is 20.0 Å². The summed E-state index contributed by atoms with van der Waals surface area (Å²) in [7, 11) is 0. The van der Waals surface area contributed by atoms with Crippen molar-refractivity contribution in [2.24, 2.45) is 0 Å². The maximum atomic E-state index is 13.0. The lowest BCUT2D eigenvalue weighted by atomic mass is 10.1. The molecule has 1 heterocycles. The predicted octanol–water partition coefficient (Wildman–Crippen LogP) is 5.06. The fourth-order valence-corrected chi connectivity index (χ4v) is 3.37. The molecule has 1 atom stereocenters. The summed E-state index contributed by atoms with van der Waals surface area (Å²) in [6, 6.07) is 11.6. The van der Waals surface area contributed by atoms with Crippen LogP contribution < -0.4 is 4.74 Å². The van der Waals surface area contributed by atoms with Crippen LogP contribution in [0, 0.1) is 6.92 Å². The molecule has 3 rings (SSSR count). The molecule has 0 saturated heterocycles. The van der Waals surface area contributed by atoms with E-state index in [1.165, 1.54) is 10.6 Å². The van der Waals surface area contributed by atoms with E-state index in [4.69, 9.17) is 27.9 Å². The van der Waals surface area contributed by atoms with E-state index in [-0.39, 0.29) is 10.6 Å². The van der Waals surface area contributed by atoms with Gasteiger partial charge in [0.2, 0.25) is 0 Å². The standard InChI is InChI=1S/C19H15Cl2NO4/c1-10-17(19(24)25)13-5-3-4-6-15(13)22(10)18(23)11(2)26-16-8-7-12(20)9-14(16)21/h3-9,11H,1-2H3,(H,24,25)/t11-/m0/s1. The molecule has 0 aliphatic heterocycles. The van der Waals surface area contributed by atoms with Crippen molar-refractivity contribution in [2.75, 3.05) is 0 Å². The van der Waals surface area contributed by atoms with Crippen LogP contribution in [0.2, 0.25) is 10.0 Å². The highest BCUT2D eigenvalue weighted by Crippen LogP contribution is 2.30. The Morgan fingerprint density at radius 3 is 2.50 bits per heavy atom. The molecule has 134 valence electrons. The summed E-state index contributed by atoms with van der Waals surface area (Å²) in [6.07, 6.45) is -0.884. The van der Waals surface area contributed by atoms with E-state index >= 15 is 0 Å². The molecule has 0 aliphatic rings. The van der Waals surface area contributed by atoms with Gasteiger partial charge in [0.05, 0.1) is 16.1 Å². The van der Waals surface area contributed by atoms with E-state index in [9.17, 15) is 14.7 Å². The number of ether oxygens (including phenoxy) is 1. The normalized spacial score (nSPS) is 12.2. The molecule has 0 radical (unpaired) electrons. The van der Waals surface area contributed by atoms with Gasteiger partial charge in [-0.25, -0.2) is 4.79 Å². The summed E-state index contributed by atoms with van der Waals surface area (Å²) in [6.45, 7) is 3.19. The average molecular weight is 392 g/mol. The topological polar surface area (TPSA) is 68.5 Å². The monoisotopic (exact) mass is 391 g/mol. The number of nitrogens with zero attached hydrogens (tertiary/aromatic N) is 1. The van der Waals surface area contributed by atoms with E-state index in [0.29, 0.717) is 27.4 Å². The molecule has 0 spiro atoms. The van der Waals surface area contributed by atoms with Gasteiger partial charge in [0.1, 0.15) is 5.75 Å². The molecule has 7 heteroatoms. The Balaban J connectivity index is 2.02. The van der Waals surface area contributed by atoms with Crippen LogP contribution in [0.4, 0.5) is 0 Å². The van der Waals surface area contributed by atoms with Gasteiger partial charge in [-0.1, -0.05) is 41.4 Å². The van der Waals surface area contributed by atoms with Gasteiger partial charge in [-0.3, -0.25) is 9.36 Å². The van der Waals surface area contributed by atoms with Gasteiger partial charge in [0.15, 0.2) is 6.10 Å². The van der Waals surface area contributed by atoms with Crippen molar-refractivity contribution >= 4 is 46.0 Å². The second-order valence-electron chi connectivity index (χ2n) is 5.79. The number of para-hydroxylation sites is 1. The van der Waals surface area contributed by atoms with Crippen molar-refractivity contribution in [3.8, 4) is 5.75 Å². The van der Waals surface area contributed by atoms with E-state index < -0.39 is 18.0 Å². The first-order valence-corrected chi connectivity index (χ1v) is 8.56. The molecule has 0 saturated carbocycles. The van der Waals surface area contributed by atoms with E-state index in [2.05, 4.69) is 0 Å². The number of carboxylic acids is 1. The summed E-state index contributed by atoms with van der Waals surface area (Å²) in [4.78, 5) is 24.6. The van der Waals surface area contributed by atoms with Crippen LogP contribution in [0.5, 0.6) is 5.75 Å². The molecule has 3 aromatic rings. The number of benzene rings is 2. The molecule has 5 nitrogen and oxygen atoms in total. The Kier molecular flexibility index (Phi) is 4.94. The number of hydrogen-bond acceptors (Lipinski definition) is 3. The fourth-order valence-electron chi connectivity index (χ4n) is 2.91. The van der Waals surface area contributed by atoms with Gasteiger partial charge in [-0.05, 0) is 38.1 Å². The molecule has 0 aliphatic carbocycles. The summed E-state index contributed by atoms with van der Waals surface area (Å²) in [5.74, 6) is -1.15. The smallest absolute Gasteiger partial charge is 0.338 e. The Bertz CT molecular complexity index is 1030. The largest absolute Gasteiger partial charge is 0.479 e. The van der Waals surface area contributed by atoms with Crippen LogP contribution in [-0.4, -0.2) is 27.7 Å². The van der Waals surface area contributed by atoms with Crippen LogP contribution in [0.15, 0.2) is 42.5 Å². The molecule has 0 amide bonds. The lowest BCUT2D eigenvalue weighted by Crippen LogP contribution is -2.30. The number of carbonyl (C=O) groups is 2. The number of rotatable bonds is 4. The zero-order chi connectivity index (χ0) is 19.0. The lowest BCUT2D eigenvalue weighted by Gasteiger charge is -2.17. The minimum Gasteiger partial charge on any atom is -0.479 e. The summed E-state index contributed by atoms with van der Waals surface area (Å²) >= 11 is 12.0. The number of fused-ring (bicyclic) bond motifs is 1. The highest BCUT2D eigenvalue weighted by Gasteiger charge is 2.26. The molecule has 1 N–H and O–H groups in total. The molecule has 0 bridgehead atoms. The maximum absolute atomic E-state index is 13.0. The van der Waals surface area contributed by atoms with Crippen LogP contribution >= 0.6 is 23.2 Å². The van der Waals surface area contributed by atoms with Crippen molar-refractivity contribution in [1.29, 1.82) is 0 Å². The molecular formula is C19H15Cl2NO4. The first-order valence-electron chi connectivity index (χ1n) is 7.80. The highest BCUT2D eigenvalue weighted by molar-refractivity contribution is 6.35. The van der Waals surface area contributed by atoms with Crippen LogP contribution in [-0.2, 0) is 0 Å². The second-order valence-corrected chi connectivity index (χ2v) is 6.63. The quantitative estimate of drug-likeness (QED) is 0.674. The SMILES string of the molecule is Cc1c(C(=O)O)c2ccccc2n1C(=O)[C@H](C)Oc1ccc(Cl)cc1Cl. The third-order valence-electron chi connectivity index (χ3n) is 4.09. The summed E-state index contributed by atoms with van der Waals surface area (Å²) in [5, 5.41) is 10.8. The second kappa shape index (κ2) is 7.02. The van der Waals surface area contributed by atoms with Gasteiger partial charge in [-0.15, -0.1) is 0 Å². The molecule has 0 fully saturated rings. The Labute approximate surface area is 159 Å². The first kappa shape index (κ1) is 18.3. The number of aromatic carboxylic acids is 1. The molecule has 0 unspecified atom stereocenters. The van der Waals surface area contributed by atoms with Gasteiger partial charge in [0, 0.05) is 16.1 Å². The van der Waals surface area contributed by atoms with E-state index in [0.717, 1.165) is 0 Å². The Morgan fingerprint density at radius 1 is 1.15 bits per heavy atom. The minimum atomic E-state index is -1.08. The number of carboxylic acid groups (broad SMARTS) is 1. The fraction of sp³-hybridized carbons (Fsp3) is 0.158. The van der Waals surface area contributed by atoms with Gasteiger partial charge < -0.3 is 9.84 Å². The average Bonchev–Trinajstić information content (AvgIpc) is 2.88. The van der Waals surface area contributed by atoms with Crippen molar-refractivity contribution in [1.82, 2.24) is 4.57 Å². The lowest BCUT2D eigenvalue weighted by molar-refractivity contribution is 0.0697. The minimum absolute atomic E-state index is 0.102. The predicted molar refractivity (Wildman–Crippen MR) is 101 cm³/mol. The number of carbonyl (C=O) groups excluding carboxylic acids is 1. The zero-order valence-corrected chi connectivity index (χ0v) is 15.5.